The van der Waals surface area contributed by atoms with E-state index in [1.54, 1.807) is 0 Å². The van der Waals surface area contributed by atoms with Crippen LogP contribution in [-0.4, -0.2) is 26.4 Å². The SMILES string of the molecule is CC(C)[Si](C#CCc1ccc(B2OC(C)(C)C(C)(C)O2)cc1)(C(C)C)C(C)C. The lowest BCUT2D eigenvalue weighted by molar-refractivity contribution is 0.00578. The second-order valence-corrected chi connectivity index (χ2v) is 15.8. The summed E-state index contributed by atoms with van der Waals surface area (Å²) in [7, 11) is -1.94. The third-order valence-electron chi connectivity index (χ3n) is 6.97. The van der Waals surface area contributed by atoms with E-state index in [9.17, 15) is 0 Å². The molecule has 1 aliphatic rings. The molecule has 0 unspecified atom stereocenters. The van der Waals surface area contributed by atoms with Crippen LogP contribution in [0.2, 0.25) is 16.6 Å². The summed E-state index contributed by atoms with van der Waals surface area (Å²) in [5.41, 5.74) is 7.55. The second-order valence-electron chi connectivity index (χ2n) is 10.2. The van der Waals surface area contributed by atoms with Gasteiger partial charge in [-0.05, 0) is 55.3 Å². The number of hydrogen-bond acceptors (Lipinski definition) is 2. The van der Waals surface area contributed by atoms with Crippen molar-refractivity contribution in [3.8, 4) is 11.5 Å². The lowest BCUT2D eigenvalue weighted by atomic mass is 9.79. The van der Waals surface area contributed by atoms with E-state index >= 15 is 0 Å². The minimum Gasteiger partial charge on any atom is -0.399 e. The van der Waals surface area contributed by atoms with E-state index in [4.69, 9.17) is 9.31 Å². The summed E-state index contributed by atoms with van der Waals surface area (Å²) in [5, 5.41) is 0. The Morgan fingerprint density at radius 3 is 1.64 bits per heavy atom. The van der Waals surface area contributed by atoms with Crippen LogP contribution in [0.15, 0.2) is 24.3 Å². The Labute approximate surface area is 174 Å². The largest absolute Gasteiger partial charge is 0.494 e. The maximum absolute atomic E-state index is 6.15. The molecule has 0 saturated carbocycles. The van der Waals surface area contributed by atoms with E-state index in [0.717, 1.165) is 11.9 Å². The van der Waals surface area contributed by atoms with Crippen molar-refractivity contribution in [3.63, 3.8) is 0 Å². The van der Waals surface area contributed by atoms with Gasteiger partial charge in [-0.2, -0.15) is 0 Å². The number of benzene rings is 1. The van der Waals surface area contributed by atoms with Gasteiger partial charge in [0.15, 0.2) is 0 Å². The van der Waals surface area contributed by atoms with Gasteiger partial charge < -0.3 is 9.31 Å². The van der Waals surface area contributed by atoms with Crippen molar-refractivity contribution < 1.29 is 9.31 Å². The lowest BCUT2D eigenvalue weighted by Gasteiger charge is -2.38. The molecule has 1 aromatic carbocycles. The highest BCUT2D eigenvalue weighted by molar-refractivity contribution is 6.90. The van der Waals surface area contributed by atoms with Gasteiger partial charge in [-0.25, -0.2) is 0 Å². The molecule has 1 aliphatic heterocycles. The van der Waals surface area contributed by atoms with Gasteiger partial charge in [0.1, 0.15) is 8.07 Å². The molecule has 4 heteroatoms. The van der Waals surface area contributed by atoms with E-state index in [-0.39, 0.29) is 18.3 Å². The van der Waals surface area contributed by atoms with Gasteiger partial charge in [0, 0.05) is 6.42 Å². The third-order valence-corrected chi connectivity index (χ3v) is 13.3. The minimum absolute atomic E-state index is 0.298. The van der Waals surface area contributed by atoms with Crippen molar-refractivity contribution in [1.29, 1.82) is 0 Å². The van der Waals surface area contributed by atoms with Crippen molar-refractivity contribution in [2.75, 3.05) is 0 Å². The predicted molar refractivity (Wildman–Crippen MR) is 125 cm³/mol. The van der Waals surface area contributed by atoms with E-state index < -0.39 is 8.07 Å². The molecule has 28 heavy (non-hydrogen) atoms. The van der Waals surface area contributed by atoms with Crippen LogP contribution in [0.3, 0.4) is 0 Å². The highest BCUT2D eigenvalue weighted by Crippen LogP contribution is 2.40. The van der Waals surface area contributed by atoms with E-state index in [1.165, 1.54) is 5.56 Å². The summed E-state index contributed by atoms with van der Waals surface area (Å²) in [6, 6.07) is 8.57. The molecule has 0 spiro atoms. The second kappa shape index (κ2) is 8.38. The minimum atomic E-state index is -1.65. The highest BCUT2D eigenvalue weighted by Gasteiger charge is 2.51. The van der Waals surface area contributed by atoms with Gasteiger partial charge in [0.05, 0.1) is 11.2 Å². The highest BCUT2D eigenvalue weighted by atomic mass is 28.3. The molecule has 0 bridgehead atoms. The Balaban J connectivity index is 2.13. The lowest BCUT2D eigenvalue weighted by Crippen LogP contribution is -2.43. The van der Waals surface area contributed by atoms with Gasteiger partial charge in [0.25, 0.3) is 0 Å². The average molecular weight is 398 g/mol. The zero-order valence-corrected chi connectivity index (χ0v) is 20.6. The molecule has 0 radical (unpaired) electrons. The van der Waals surface area contributed by atoms with E-state index in [0.29, 0.717) is 16.6 Å². The number of rotatable bonds is 5. The summed E-state index contributed by atoms with van der Waals surface area (Å²) in [6.45, 7) is 22.5. The Bertz CT molecular complexity index is 685. The molecule has 0 atom stereocenters. The fourth-order valence-electron chi connectivity index (χ4n) is 4.50. The van der Waals surface area contributed by atoms with Crippen LogP contribution < -0.4 is 5.46 Å². The van der Waals surface area contributed by atoms with E-state index in [2.05, 4.69) is 105 Å². The van der Waals surface area contributed by atoms with Crippen LogP contribution in [0.5, 0.6) is 0 Å². The molecule has 2 rings (SSSR count). The first-order valence-electron chi connectivity index (χ1n) is 10.8. The van der Waals surface area contributed by atoms with Gasteiger partial charge >= 0.3 is 7.12 Å². The van der Waals surface area contributed by atoms with Crippen LogP contribution >= 0.6 is 0 Å². The first-order valence-corrected chi connectivity index (χ1v) is 13.0. The molecule has 1 aromatic rings. The van der Waals surface area contributed by atoms with Crippen LogP contribution in [0.1, 0.15) is 74.8 Å². The van der Waals surface area contributed by atoms with Crippen LogP contribution in [0, 0.1) is 11.5 Å². The summed E-state index contributed by atoms with van der Waals surface area (Å²) in [6.07, 6.45) is 0.810. The Morgan fingerprint density at radius 1 is 0.821 bits per heavy atom. The van der Waals surface area contributed by atoms with Crippen molar-refractivity contribution in [1.82, 2.24) is 0 Å². The Hall–Kier alpha value is -1.02. The molecule has 2 nitrogen and oxygen atoms in total. The molecule has 0 aromatic heterocycles. The van der Waals surface area contributed by atoms with Gasteiger partial charge in [0.2, 0.25) is 0 Å². The van der Waals surface area contributed by atoms with Gasteiger partial charge in [-0.1, -0.05) is 65.8 Å². The monoisotopic (exact) mass is 398 g/mol. The molecular weight excluding hydrogens is 359 g/mol. The first kappa shape index (κ1) is 23.3. The fraction of sp³-hybridized carbons (Fsp3) is 0.667. The maximum Gasteiger partial charge on any atom is 0.494 e. The first-order chi connectivity index (χ1) is 12.8. The predicted octanol–water partition coefficient (Wildman–Crippen LogP) is 5.75. The third kappa shape index (κ3) is 4.43. The number of hydrogen-bond donors (Lipinski definition) is 0. The summed E-state index contributed by atoms with van der Waals surface area (Å²) in [4.78, 5) is 0. The van der Waals surface area contributed by atoms with Crippen LogP contribution in [-0.2, 0) is 15.7 Å². The standard InChI is InChI=1S/C24H39BO2Si/c1-18(2)28(19(3)4,20(5)6)17-11-12-21-13-15-22(16-14-21)25-26-23(7,8)24(9,10)27-25/h13-16,18-20H,12H2,1-10H3. The van der Waals surface area contributed by atoms with E-state index in [1.807, 2.05) is 0 Å². The molecule has 0 aliphatic carbocycles. The van der Waals surface area contributed by atoms with Crippen LogP contribution in [0.4, 0.5) is 0 Å². The summed E-state index contributed by atoms with van der Waals surface area (Å²) >= 11 is 0. The average Bonchev–Trinajstić information content (AvgIpc) is 2.79. The molecule has 1 fully saturated rings. The normalized spacial score (nSPS) is 18.7. The quantitative estimate of drug-likeness (QED) is 0.464. The topological polar surface area (TPSA) is 18.5 Å². The zero-order chi connectivity index (χ0) is 21.3. The van der Waals surface area contributed by atoms with Crippen LogP contribution in [0.25, 0.3) is 0 Å². The molecule has 0 N–H and O–H groups in total. The Morgan fingerprint density at radius 2 is 1.25 bits per heavy atom. The van der Waals surface area contributed by atoms with Gasteiger partial charge in [-0.15, -0.1) is 11.5 Å². The van der Waals surface area contributed by atoms with Gasteiger partial charge in [-0.3, -0.25) is 0 Å². The maximum atomic E-state index is 6.15. The molecular formula is C24H39BO2Si. The Kier molecular flexibility index (Phi) is 6.96. The summed E-state index contributed by atoms with van der Waals surface area (Å²) < 4.78 is 12.3. The molecule has 0 amide bonds. The van der Waals surface area contributed by atoms with Crippen molar-refractivity contribution in [2.24, 2.45) is 0 Å². The molecule has 1 saturated heterocycles. The fourth-order valence-corrected chi connectivity index (χ4v) is 9.76. The van der Waals surface area contributed by atoms with Crippen molar-refractivity contribution in [2.45, 2.75) is 103 Å². The zero-order valence-electron chi connectivity index (χ0n) is 19.6. The summed E-state index contributed by atoms with van der Waals surface area (Å²) in [5.74, 6) is 3.55. The van der Waals surface area contributed by atoms with Crippen molar-refractivity contribution in [3.05, 3.63) is 29.8 Å². The smallest absolute Gasteiger partial charge is 0.399 e. The molecule has 154 valence electrons. The van der Waals surface area contributed by atoms with Crippen molar-refractivity contribution >= 4 is 20.7 Å². The molecule has 1 heterocycles.